The molecule has 0 unspecified atom stereocenters. The first-order valence-corrected chi connectivity index (χ1v) is 7.20. The fraction of sp³-hybridized carbons (Fsp3) is 0.500. The van der Waals surface area contributed by atoms with Crippen molar-refractivity contribution in [3.63, 3.8) is 0 Å². The molecule has 0 aromatic carbocycles. The van der Waals surface area contributed by atoms with E-state index in [0.29, 0.717) is 11.8 Å². The van der Waals surface area contributed by atoms with Gasteiger partial charge < -0.3 is 10.7 Å². The van der Waals surface area contributed by atoms with E-state index in [4.69, 9.17) is 5.73 Å². The number of aromatic nitrogens is 5. The third-order valence-corrected chi connectivity index (χ3v) is 4.55. The van der Waals surface area contributed by atoms with Crippen molar-refractivity contribution < 1.29 is 0 Å². The van der Waals surface area contributed by atoms with Crippen LogP contribution in [0, 0.1) is 5.92 Å². The number of nitrogens with two attached hydrogens (primary N) is 1. The van der Waals surface area contributed by atoms with Crippen molar-refractivity contribution in [2.24, 2.45) is 11.7 Å². The van der Waals surface area contributed by atoms with Crippen molar-refractivity contribution in [1.29, 1.82) is 0 Å². The van der Waals surface area contributed by atoms with Gasteiger partial charge >= 0.3 is 0 Å². The SMILES string of the molecule is CC[C@@H]1C[C@@H](N)C[C@@H]1c1nnc2cnc3[nH]ccc3n12. The highest BCUT2D eigenvalue weighted by Crippen LogP contribution is 2.40. The van der Waals surface area contributed by atoms with Crippen molar-refractivity contribution in [2.45, 2.75) is 38.1 Å². The molecule has 6 heteroatoms. The van der Waals surface area contributed by atoms with E-state index in [0.717, 1.165) is 41.9 Å². The van der Waals surface area contributed by atoms with Crippen LogP contribution in [0.15, 0.2) is 18.5 Å². The predicted molar refractivity (Wildman–Crippen MR) is 76.4 cm³/mol. The molecule has 1 fully saturated rings. The van der Waals surface area contributed by atoms with Crippen LogP contribution in [-0.4, -0.2) is 30.6 Å². The van der Waals surface area contributed by atoms with Gasteiger partial charge in [-0.25, -0.2) is 4.98 Å². The first-order valence-electron chi connectivity index (χ1n) is 7.20. The van der Waals surface area contributed by atoms with Gasteiger partial charge in [0.25, 0.3) is 0 Å². The second kappa shape index (κ2) is 4.28. The molecular formula is C14H18N6. The number of aromatic amines is 1. The van der Waals surface area contributed by atoms with Gasteiger partial charge in [-0.1, -0.05) is 13.3 Å². The Bertz CT molecular complexity index is 757. The van der Waals surface area contributed by atoms with Crippen LogP contribution >= 0.6 is 0 Å². The Morgan fingerprint density at radius 2 is 2.30 bits per heavy atom. The molecule has 1 aliphatic carbocycles. The van der Waals surface area contributed by atoms with Crippen LogP contribution in [0.1, 0.15) is 37.9 Å². The largest absolute Gasteiger partial charge is 0.345 e. The molecule has 104 valence electrons. The van der Waals surface area contributed by atoms with E-state index in [1.165, 1.54) is 0 Å². The number of fused-ring (bicyclic) bond motifs is 3. The number of rotatable bonds is 2. The second-order valence-corrected chi connectivity index (χ2v) is 5.73. The average Bonchev–Trinajstić information content (AvgIpc) is 3.13. The highest BCUT2D eigenvalue weighted by atomic mass is 15.3. The van der Waals surface area contributed by atoms with Gasteiger partial charge in [-0.05, 0) is 24.8 Å². The van der Waals surface area contributed by atoms with E-state index in [-0.39, 0.29) is 6.04 Å². The smallest absolute Gasteiger partial charge is 0.179 e. The zero-order valence-electron chi connectivity index (χ0n) is 11.5. The van der Waals surface area contributed by atoms with Gasteiger partial charge in [0, 0.05) is 18.2 Å². The maximum absolute atomic E-state index is 6.16. The monoisotopic (exact) mass is 270 g/mol. The molecule has 1 saturated carbocycles. The van der Waals surface area contributed by atoms with E-state index in [1.807, 2.05) is 12.3 Å². The molecule has 20 heavy (non-hydrogen) atoms. The maximum atomic E-state index is 6.16. The number of nitrogens with one attached hydrogen (secondary N) is 1. The van der Waals surface area contributed by atoms with E-state index in [9.17, 15) is 0 Å². The van der Waals surface area contributed by atoms with Gasteiger partial charge in [-0.2, -0.15) is 0 Å². The lowest BCUT2D eigenvalue weighted by Crippen LogP contribution is -2.15. The minimum Gasteiger partial charge on any atom is -0.345 e. The van der Waals surface area contributed by atoms with Crippen LogP contribution in [-0.2, 0) is 0 Å². The van der Waals surface area contributed by atoms with E-state index in [1.54, 1.807) is 6.20 Å². The lowest BCUT2D eigenvalue weighted by molar-refractivity contribution is 0.450. The third kappa shape index (κ3) is 1.57. The lowest BCUT2D eigenvalue weighted by atomic mass is 9.93. The van der Waals surface area contributed by atoms with Crippen LogP contribution in [0.25, 0.3) is 16.8 Å². The number of H-pyrrole nitrogens is 1. The maximum Gasteiger partial charge on any atom is 0.179 e. The molecule has 1 aliphatic rings. The predicted octanol–water partition coefficient (Wildman–Crippen LogP) is 1.84. The van der Waals surface area contributed by atoms with Gasteiger partial charge in [0.1, 0.15) is 5.82 Å². The molecule has 3 aromatic heterocycles. The summed E-state index contributed by atoms with van der Waals surface area (Å²) in [6.07, 6.45) is 6.88. The van der Waals surface area contributed by atoms with Gasteiger partial charge in [0.15, 0.2) is 11.3 Å². The number of nitrogens with zero attached hydrogens (tertiary/aromatic N) is 4. The molecule has 6 nitrogen and oxygen atoms in total. The molecule has 3 atom stereocenters. The molecule has 4 rings (SSSR count). The Morgan fingerprint density at radius 3 is 3.15 bits per heavy atom. The molecular weight excluding hydrogens is 252 g/mol. The Morgan fingerprint density at radius 1 is 1.40 bits per heavy atom. The van der Waals surface area contributed by atoms with Crippen molar-refractivity contribution in [3.05, 3.63) is 24.3 Å². The Kier molecular flexibility index (Phi) is 2.53. The molecule has 0 bridgehead atoms. The lowest BCUT2D eigenvalue weighted by Gasteiger charge is -2.16. The summed E-state index contributed by atoms with van der Waals surface area (Å²) in [5, 5.41) is 8.73. The molecule has 0 aliphatic heterocycles. The highest BCUT2D eigenvalue weighted by molar-refractivity contribution is 5.74. The molecule has 3 aromatic rings. The molecule has 0 amide bonds. The van der Waals surface area contributed by atoms with Crippen LogP contribution in [0.4, 0.5) is 0 Å². The van der Waals surface area contributed by atoms with Gasteiger partial charge in [-0.15, -0.1) is 10.2 Å². The van der Waals surface area contributed by atoms with Crippen molar-refractivity contribution in [3.8, 4) is 0 Å². The molecule has 0 spiro atoms. The van der Waals surface area contributed by atoms with Gasteiger partial charge in [-0.3, -0.25) is 4.40 Å². The van der Waals surface area contributed by atoms with E-state index in [2.05, 4.69) is 31.5 Å². The fourth-order valence-electron chi connectivity index (χ4n) is 3.57. The first kappa shape index (κ1) is 11.8. The summed E-state index contributed by atoms with van der Waals surface area (Å²) in [5.41, 5.74) is 8.87. The summed E-state index contributed by atoms with van der Waals surface area (Å²) in [6, 6.07) is 2.30. The van der Waals surface area contributed by atoms with Crippen molar-refractivity contribution in [2.75, 3.05) is 0 Å². The minimum atomic E-state index is 0.279. The summed E-state index contributed by atoms with van der Waals surface area (Å²) in [7, 11) is 0. The minimum absolute atomic E-state index is 0.279. The molecule has 0 saturated heterocycles. The average molecular weight is 270 g/mol. The molecule has 3 N–H and O–H groups in total. The quantitative estimate of drug-likeness (QED) is 0.744. The summed E-state index contributed by atoms with van der Waals surface area (Å²) >= 11 is 0. The van der Waals surface area contributed by atoms with Crippen molar-refractivity contribution in [1.82, 2.24) is 24.6 Å². The van der Waals surface area contributed by atoms with E-state index < -0.39 is 0 Å². The summed E-state index contributed by atoms with van der Waals surface area (Å²) in [6.45, 7) is 2.23. The Balaban J connectivity index is 1.93. The van der Waals surface area contributed by atoms with Crippen LogP contribution in [0.2, 0.25) is 0 Å². The number of hydrogen-bond donors (Lipinski definition) is 2. The topological polar surface area (TPSA) is 84.9 Å². The molecule has 0 radical (unpaired) electrons. The Labute approximate surface area is 116 Å². The molecule has 3 heterocycles. The van der Waals surface area contributed by atoms with Crippen molar-refractivity contribution >= 4 is 16.8 Å². The third-order valence-electron chi connectivity index (χ3n) is 4.55. The zero-order valence-corrected chi connectivity index (χ0v) is 11.5. The Hall–Kier alpha value is -1.95. The summed E-state index contributed by atoms with van der Waals surface area (Å²) < 4.78 is 2.13. The van der Waals surface area contributed by atoms with Crippen LogP contribution in [0.5, 0.6) is 0 Å². The zero-order chi connectivity index (χ0) is 13.7. The van der Waals surface area contributed by atoms with Gasteiger partial charge in [0.2, 0.25) is 0 Å². The van der Waals surface area contributed by atoms with Crippen LogP contribution in [0.3, 0.4) is 0 Å². The highest BCUT2D eigenvalue weighted by Gasteiger charge is 2.35. The summed E-state index contributed by atoms with van der Waals surface area (Å²) in [4.78, 5) is 7.50. The summed E-state index contributed by atoms with van der Waals surface area (Å²) in [5.74, 6) is 2.02. The number of hydrogen-bond acceptors (Lipinski definition) is 4. The van der Waals surface area contributed by atoms with Gasteiger partial charge in [0.05, 0.1) is 11.7 Å². The van der Waals surface area contributed by atoms with Crippen LogP contribution < -0.4 is 5.73 Å². The normalized spacial score (nSPS) is 26.8. The van der Waals surface area contributed by atoms with E-state index >= 15 is 0 Å². The standard InChI is InChI=1S/C14H18N6/c1-2-8-5-9(15)6-10(8)14-19-18-12-7-17-13-11(20(12)14)3-4-16-13/h3-4,7-10,16H,2,5-6,15H2,1H3/t8-,9-,10+/m1/s1. The fourth-order valence-corrected chi connectivity index (χ4v) is 3.57. The second-order valence-electron chi connectivity index (χ2n) is 5.73. The first-order chi connectivity index (χ1) is 9.78.